The highest BCUT2D eigenvalue weighted by atomic mass is 31.2. The van der Waals surface area contributed by atoms with E-state index in [0.717, 1.165) is 38.5 Å². The van der Waals surface area contributed by atoms with E-state index in [2.05, 4.69) is 13.8 Å². The lowest BCUT2D eigenvalue weighted by atomic mass is 10.0. The Morgan fingerprint density at radius 2 is 0.765 bits per heavy atom. The van der Waals surface area contributed by atoms with E-state index in [0.29, 0.717) is 6.42 Å². The number of hydrogen-bond acceptors (Lipinski definition) is 7. The highest BCUT2D eigenvalue weighted by molar-refractivity contribution is 7.47. The summed E-state index contributed by atoms with van der Waals surface area (Å²) in [5.41, 5.74) is 0. The lowest BCUT2D eigenvalue weighted by Gasteiger charge is -2.19. The zero-order valence-electron chi connectivity index (χ0n) is 33.8. The summed E-state index contributed by atoms with van der Waals surface area (Å²) in [4.78, 5) is 34.6. The predicted octanol–water partition coefficient (Wildman–Crippen LogP) is 13.5. The highest BCUT2D eigenvalue weighted by Crippen LogP contribution is 2.43. The van der Waals surface area contributed by atoms with Crippen LogP contribution in [-0.2, 0) is 32.7 Å². The number of ether oxygens (including phenoxy) is 2. The average molecular weight is 747 g/mol. The van der Waals surface area contributed by atoms with Crippen molar-refractivity contribution in [2.75, 3.05) is 19.8 Å². The van der Waals surface area contributed by atoms with E-state index in [9.17, 15) is 19.0 Å². The molecule has 8 nitrogen and oxygen atoms in total. The van der Waals surface area contributed by atoms with E-state index in [1.807, 2.05) is 0 Å². The van der Waals surface area contributed by atoms with E-state index >= 15 is 0 Å². The molecule has 0 radical (unpaired) electrons. The summed E-state index contributed by atoms with van der Waals surface area (Å²) >= 11 is 0. The molecule has 51 heavy (non-hydrogen) atoms. The SMILES string of the molecule is CCCCCCCCCCCCCCCCCCCCCCCC(=O)OC(COC(=O)CCCCCCCCCCCC)COP(=O)(O)OCC. The van der Waals surface area contributed by atoms with E-state index in [-0.39, 0.29) is 32.2 Å². The summed E-state index contributed by atoms with van der Waals surface area (Å²) in [6.07, 6.45) is 38.8. The summed E-state index contributed by atoms with van der Waals surface area (Å²) in [6.45, 7) is 5.50. The van der Waals surface area contributed by atoms with Crippen LogP contribution in [0.25, 0.3) is 0 Å². The maximum atomic E-state index is 12.5. The minimum absolute atomic E-state index is 0.00551. The predicted molar refractivity (Wildman–Crippen MR) is 212 cm³/mol. The minimum Gasteiger partial charge on any atom is -0.462 e. The van der Waals surface area contributed by atoms with Crippen LogP contribution >= 0.6 is 7.82 Å². The normalized spacial score (nSPS) is 13.3. The fourth-order valence-corrected chi connectivity index (χ4v) is 7.21. The number of phosphoric acid groups is 1. The lowest BCUT2D eigenvalue weighted by molar-refractivity contribution is -0.161. The Kier molecular flexibility index (Phi) is 38.0. The molecular weight excluding hydrogens is 663 g/mol. The van der Waals surface area contributed by atoms with Crippen molar-refractivity contribution in [3.63, 3.8) is 0 Å². The van der Waals surface area contributed by atoms with Gasteiger partial charge in [0.15, 0.2) is 6.10 Å². The number of carbonyl (C=O) groups is 2. The van der Waals surface area contributed by atoms with E-state index in [1.54, 1.807) is 6.92 Å². The Labute approximate surface area is 315 Å². The van der Waals surface area contributed by atoms with Gasteiger partial charge in [0.2, 0.25) is 0 Å². The molecule has 9 heteroatoms. The smallest absolute Gasteiger partial charge is 0.462 e. The van der Waals surface area contributed by atoms with Crippen LogP contribution in [0.5, 0.6) is 0 Å². The number of hydrogen-bond donors (Lipinski definition) is 1. The first-order valence-corrected chi connectivity index (χ1v) is 23.3. The van der Waals surface area contributed by atoms with Gasteiger partial charge in [0, 0.05) is 12.8 Å². The number of esters is 2. The van der Waals surface area contributed by atoms with Crippen LogP contribution in [0.2, 0.25) is 0 Å². The Balaban J connectivity index is 3.95. The second kappa shape index (κ2) is 38.8. The maximum absolute atomic E-state index is 12.5. The standard InChI is InChI=1S/C42H83O8P/c1-4-7-9-11-13-15-17-18-19-20-21-22-23-24-25-26-27-29-31-33-35-37-42(44)50-40(39-49-51(45,46)48-6-3)38-47-41(43)36-34-32-30-28-16-14-12-10-8-5-2/h40H,4-39H2,1-3H3,(H,45,46). The largest absolute Gasteiger partial charge is 0.472 e. The maximum Gasteiger partial charge on any atom is 0.472 e. The Bertz CT molecular complexity index is 808. The van der Waals surface area contributed by atoms with Crippen molar-refractivity contribution >= 4 is 19.8 Å². The van der Waals surface area contributed by atoms with Crippen molar-refractivity contribution in [1.82, 2.24) is 0 Å². The third-order valence-electron chi connectivity index (χ3n) is 9.66. The van der Waals surface area contributed by atoms with Crippen LogP contribution in [0.15, 0.2) is 0 Å². The van der Waals surface area contributed by atoms with E-state index in [4.69, 9.17) is 18.5 Å². The first-order valence-electron chi connectivity index (χ1n) is 21.8. The Morgan fingerprint density at radius 3 is 1.10 bits per heavy atom. The molecule has 0 saturated carbocycles. The fraction of sp³-hybridized carbons (Fsp3) is 0.952. The lowest BCUT2D eigenvalue weighted by Crippen LogP contribution is -2.29. The van der Waals surface area contributed by atoms with Crippen molar-refractivity contribution in [2.45, 2.75) is 239 Å². The molecule has 0 spiro atoms. The van der Waals surface area contributed by atoms with Crippen molar-refractivity contribution in [2.24, 2.45) is 0 Å². The molecular formula is C42H83O8P. The molecule has 0 aromatic heterocycles. The quantitative estimate of drug-likeness (QED) is 0.0374. The summed E-state index contributed by atoms with van der Waals surface area (Å²) < 4.78 is 32.6. The van der Waals surface area contributed by atoms with Crippen molar-refractivity contribution < 1.29 is 37.6 Å². The molecule has 2 atom stereocenters. The third kappa shape index (κ3) is 38.6. The molecule has 0 fully saturated rings. The van der Waals surface area contributed by atoms with Gasteiger partial charge in [0.1, 0.15) is 6.61 Å². The molecule has 0 aliphatic carbocycles. The molecule has 0 aliphatic rings. The second-order valence-electron chi connectivity index (χ2n) is 14.7. The molecule has 0 rings (SSSR count). The van der Waals surface area contributed by atoms with Crippen LogP contribution in [0, 0.1) is 0 Å². The van der Waals surface area contributed by atoms with Crippen molar-refractivity contribution in [3.8, 4) is 0 Å². The third-order valence-corrected chi connectivity index (χ3v) is 10.7. The molecule has 0 aromatic rings. The van der Waals surface area contributed by atoms with Crippen LogP contribution in [-0.4, -0.2) is 42.8 Å². The first kappa shape index (κ1) is 50.1. The van der Waals surface area contributed by atoms with Gasteiger partial charge in [-0.15, -0.1) is 0 Å². The van der Waals surface area contributed by atoms with Crippen LogP contribution in [0.1, 0.15) is 233 Å². The van der Waals surface area contributed by atoms with Gasteiger partial charge in [-0.05, 0) is 19.8 Å². The monoisotopic (exact) mass is 747 g/mol. The first-order chi connectivity index (χ1) is 24.8. The number of rotatable bonds is 41. The molecule has 0 aliphatic heterocycles. The van der Waals surface area contributed by atoms with Gasteiger partial charge in [0.25, 0.3) is 0 Å². The topological polar surface area (TPSA) is 108 Å². The van der Waals surface area contributed by atoms with E-state index in [1.165, 1.54) is 161 Å². The van der Waals surface area contributed by atoms with Gasteiger partial charge >= 0.3 is 19.8 Å². The van der Waals surface area contributed by atoms with Gasteiger partial charge in [-0.2, -0.15) is 0 Å². The molecule has 2 unspecified atom stereocenters. The number of carbonyl (C=O) groups excluding carboxylic acids is 2. The fourth-order valence-electron chi connectivity index (χ4n) is 6.45. The molecule has 1 N–H and O–H groups in total. The summed E-state index contributed by atoms with van der Waals surface area (Å²) in [7, 11) is -4.27. The molecule has 0 heterocycles. The van der Waals surface area contributed by atoms with Gasteiger partial charge < -0.3 is 14.4 Å². The minimum atomic E-state index is -4.27. The second-order valence-corrected chi connectivity index (χ2v) is 16.2. The van der Waals surface area contributed by atoms with Gasteiger partial charge in [-0.3, -0.25) is 18.6 Å². The van der Waals surface area contributed by atoms with E-state index < -0.39 is 19.9 Å². The molecule has 0 saturated heterocycles. The van der Waals surface area contributed by atoms with Gasteiger partial charge in [0.05, 0.1) is 13.2 Å². The van der Waals surface area contributed by atoms with Gasteiger partial charge in [-0.1, -0.05) is 200 Å². The summed E-state index contributed by atoms with van der Waals surface area (Å²) in [6, 6.07) is 0. The molecule has 0 bridgehead atoms. The van der Waals surface area contributed by atoms with Crippen LogP contribution in [0.3, 0.4) is 0 Å². The Hall–Kier alpha value is -0.950. The summed E-state index contributed by atoms with van der Waals surface area (Å²) in [5, 5.41) is 0. The van der Waals surface area contributed by atoms with Gasteiger partial charge in [-0.25, -0.2) is 4.57 Å². The zero-order valence-corrected chi connectivity index (χ0v) is 34.7. The number of phosphoric ester groups is 1. The highest BCUT2D eigenvalue weighted by Gasteiger charge is 2.25. The van der Waals surface area contributed by atoms with Crippen molar-refractivity contribution in [3.05, 3.63) is 0 Å². The molecule has 0 amide bonds. The van der Waals surface area contributed by atoms with Crippen LogP contribution in [0.4, 0.5) is 0 Å². The molecule has 304 valence electrons. The summed E-state index contributed by atoms with van der Waals surface area (Å²) in [5.74, 6) is -0.784. The number of unbranched alkanes of at least 4 members (excludes halogenated alkanes) is 29. The Morgan fingerprint density at radius 1 is 0.451 bits per heavy atom. The molecule has 0 aromatic carbocycles. The van der Waals surface area contributed by atoms with Crippen molar-refractivity contribution in [1.29, 1.82) is 0 Å². The average Bonchev–Trinajstić information content (AvgIpc) is 3.10. The van der Waals surface area contributed by atoms with Crippen LogP contribution < -0.4 is 0 Å². The zero-order chi connectivity index (χ0) is 37.5.